The van der Waals surface area contributed by atoms with E-state index in [1.54, 1.807) is 11.3 Å². The van der Waals surface area contributed by atoms with Gasteiger partial charge in [0.15, 0.2) is 0 Å². The first-order chi connectivity index (χ1) is 9.44. The smallest absolute Gasteiger partial charge is 0.136 e. The molecule has 0 saturated heterocycles. The fourth-order valence-electron chi connectivity index (χ4n) is 1.93. The molecule has 0 spiro atoms. The lowest BCUT2D eigenvalue weighted by molar-refractivity contribution is 0.318. The summed E-state index contributed by atoms with van der Waals surface area (Å²) in [5, 5.41) is 4.28. The molecule has 2 nitrogen and oxygen atoms in total. The molecule has 0 aliphatic carbocycles. The number of halogens is 1. The summed E-state index contributed by atoms with van der Waals surface area (Å²) < 4.78 is 7.00. The summed E-state index contributed by atoms with van der Waals surface area (Å²) in [7, 11) is 0. The third kappa shape index (κ3) is 5.05. The third-order valence-electron chi connectivity index (χ3n) is 2.82. The maximum absolute atomic E-state index is 5.92. The van der Waals surface area contributed by atoms with Gasteiger partial charge in [-0.1, -0.05) is 20.8 Å². The van der Waals surface area contributed by atoms with Crippen molar-refractivity contribution in [3.63, 3.8) is 0 Å². The predicted molar refractivity (Wildman–Crippen MR) is 93.6 cm³/mol. The number of hydrogen-bond donors (Lipinski definition) is 0. The summed E-state index contributed by atoms with van der Waals surface area (Å²) >= 11 is 4.01. The second-order valence-electron chi connectivity index (χ2n) is 6.07. The van der Waals surface area contributed by atoms with Crippen molar-refractivity contribution in [2.75, 3.05) is 6.61 Å². The average molecular weight is 401 g/mol. The highest BCUT2D eigenvalue weighted by molar-refractivity contribution is 14.1. The molecule has 0 unspecified atom stereocenters. The Labute approximate surface area is 138 Å². The number of pyridine rings is 1. The zero-order chi connectivity index (χ0) is 14.6. The van der Waals surface area contributed by atoms with Gasteiger partial charge in [0.2, 0.25) is 0 Å². The van der Waals surface area contributed by atoms with Gasteiger partial charge in [-0.15, -0.1) is 0 Å². The minimum atomic E-state index is 0.244. The van der Waals surface area contributed by atoms with Gasteiger partial charge in [-0.25, -0.2) is 0 Å². The molecule has 0 aliphatic heterocycles. The fourth-order valence-corrected chi connectivity index (χ4v) is 3.08. The zero-order valence-electron chi connectivity index (χ0n) is 12.1. The molecule has 0 N–H and O–H groups in total. The molecule has 0 bridgehead atoms. The summed E-state index contributed by atoms with van der Waals surface area (Å²) in [5.74, 6) is 0.954. The van der Waals surface area contributed by atoms with Gasteiger partial charge in [-0.3, -0.25) is 4.98 Å². The fraction of sp³-hybridized carbons (Fsp3) is 0.438. The first kappa shape index (κ1) is 15.8. The SMILES string of the molecule is CC(C)(C)Cc1cc(OCCc2ccsc2)c(I)cn1. The van der Waals surface area contributed by atoms with E-state index in [2.05, 4.69) is 71.2 Å². The largest absolute Gasteiger partial charge is 0.492 e. The van der Waals surface area contributed by atoms with Crippen LogP contribution in [0.4, 0.5) is 0 Å². The maximum Gasteiger partial charge on any atom is 0.136 e. The first-order valence-corrected chi connectivity index (χ1v) is 8.74. The van der Waals surface area contributed by atoms with Crippen LogP contribution in [0.15, 0.2) is 29.1 Å². The molecule has 0 fully saturated rings. The van der Waals surface area contributed by atoms with Gasteiger partial charge >= 0.3 is 0 Å². The van der Waals surface area contributed by atoms with Gasteiger partial charge in [0.05, 0.1) is 10.2 Å². The summed E-state index contributed by atoms with van der Waals surface area (Å²) in [6.45, 7) is 7.39. The molecule has 0 radical (unpaired) electrons. The Kier molecular flexibility index (Phi) is 5.43. The van der Waals surface area contributed by atoms with E-state index in [0.29, 0.717) is 6.61 Å². The summed E-state index contributed by atoms with van der Waals surface area (Å²) in [5.41, 5.74) is 2.69. The van der Waals surface area contributed by atoms with Crippen molar-refractivity contribution in [3.05, 3.63) is 43.9 Å². The molecular formula is C16H20INOS. The van der Waals surface area contributed by atoms with E-state index >= 15 is 0 Å². The van der Waals surface area contributed by atoms with Gasteiger partial charge in [-0.2, -0.15) is 11.3 Å². The van der Waals surface area contributed by atoms with Crippen LogP contribution in [0.3, 0.4) is 0 Å². The standard InChI is InChI=1S/C16H20INOS/c1-16(2,3)9-13-8-15(14(17)10-18-13)19-6-4-12-5-7-20-11-12/h5,7-8,10-11H,4,6,9H2,1-3H3. The van der Waals surface area contributed by atoms with E-state index in [4.69, 9.17) is 4.74 Å². The molecule has 2 aromatic rings. The molecule has 0 saturated carbocycles. The summed E-state index contributed by atoms with van der Waals surface area (Å²) in [6, 6.07) is 4.23. The Hall–Kier alpha value is -0.620. The van der Waals surface area contributed by atoms with Gasteiger partial charge in [0.25, 0.3) is 0 Å². The highest BCUT2D eigenvalue weighted by Crippen LogP contribution is 2.25. The zero-order valence-corrected chi connectivity index (χ0v) is 15.1. The van der Waals surface area contributed by atoms with E-state index in [0.717, 1.165) is 27.9 Å². The van der Waals surface area contributed by atoms with Gasteiger partial charge < -0.3 is 4.74 Å². The summed E-state index contributed by atoms with van der Waals surface area (Å²) in [4.78, 5) is 4.50. The van der Waals surface area contributed by atoms with E-state index in [9.17, 15) is 0 Å². The predicted octanol–water partition coefficient (Wildman–Crippen LogP) is 4.96. The third-order valence-corrected chi connectivity index (χ3v) is 4.36. The van der Waals surface area contributed by atoms with E-state index < -0.39 is 0 Å². The van der Waals surface area contributed by atoms with Crippen LogP contribution < -0.4 is 4.74 Å². The van der Waals surface area contributed by atoms with Gasteiger partial charge in [-0.05, 0) is 56.8 Å². The molecule has 2 aromatic heterocycles. The number of hydrogen-bond acceptors (Lipinski definition) is 3. The Morgan fingerprint density at radius 2 is 2.15 bits per heavy atom. The Bertz CT molecular complexity index is 546. The molecule has 0 atom stereocenters. The van der Waals surface area contributed by atoms with Crippen LogP contribution in [0.2, 0.25) is 0 Å². The van der Waals surface area contributed by atoms with Crippen LogP contribution in [0, 0.1) is 8.99 Å². The number of aromatic nitrogens is 1. The van der Waals surface area contributed by atoms with Crippen molar-refractivity contribution in [1.29, 1.82) is 0 Å². The molecular weight excluding hydrogens is 381 g/mol. The van der Waals surface area contributed by atoms with Crippen LogP contribution in [0.1, 0.15) is 32.0 Å². The van der Waals surface area contributed by atoms with Crippen molar-refractivity contribution >= 4 is 33.9 Å². The van der Waals surface area contributed by atoms with E-state index in [1.165, 1.54) is 5.56 Å². The molecule has 0 amide bonds. The second kappa shape index (κ2) is 6.89. The van der Waals surface area contributed by atoms with Gasteiger partial charge in [0, 0.05) is 24.4 Å². The monoisotopic (exact) mass is 401 g/mol. The number of thiophene rings is 1. The Morgan fingerprint density at radius 3 is 2.80 bits per heavy atom. The molecule has 0 aliphatic rings. The second-order valence-corrected chi connectivity index (χ2v) is 8.02. The lowest BCUT2D eigenvalue weighted by Gasteiger charge is -2.18. The minimum Gasteiger partial charge on any atom is -0.492 e. The van der Waals surface area contributed by atoms with Crippen LogP contribution in [0.5, 0.6) is 5.75 Å². The molecule has 2 rings (SSSR count). The number of rotatable bonds is 5. The number of nitrogens with zero attached hydrogens (tertiary/aromatic N) is 1. The average Bonchev–Trinajstić information content (AvgIpc) is 2.84. The highest BCUT2D eigenvalue weighted by Gasteiger charge is 2.14. The Balaban J connectivity index is 1.97. The van der Waals surface area contributed by atoms with Crippen LogP contribution >= 0.6 is 33.9 Å². The quantitative estimate of drug-likeness (QED) is 0.661. The topological polar surface area (TPSA) is 22.1 Å². The van der Waals surface area contributed by atoms with Crippen molar-refractivity contribution in [3.8, 4) is 5.75 Å². The lowest BCUT2D eigenvalue weighted by atomic mass is 9.90. The summed E-state index contributed by atoms with van der Waals surface area (Å²) in [6.07, 6.45) is 3.82. The molecule has 2 heterocycles. The lowest BCUT2D eigenvalue weighted by Crippen LogP contribution is -2.11. The van der Waals surface area contributed by atoms with E-state index in [-0.39, 0.29) is 5.41 Å². The van der Waals surface area contributed by atoms with Crippen molar-refractivity contribution < 1.29 is 4.74 Å². The molecule has 20 heavy (non-hydrogen) atoms. The van der Waals surface area contributed by atoms with Crippen molar-refractivity contribution in [2.45, 2.75) is 33.6 Å². The molecule has 0 aromatic carbocycles. The molecule has 4 heteroatoms. The van der Waals surface area contributed by atoms with Crippen molar-refractivity contribution in [1.82, 2.24) is 4.98 Å². The van der Waals surface area contributed by atoms with Crippen LogP contribution in [-0.4, -0.2) is 11.6 Å². The van der Waals surface area contributed by atoms with Crippen LogP contribution in [-0.2, 0) is 12.8 Å². The van der Waals surface area contributed by atoms with Crippen LogP contribution in [0.25, 0.3) is 0 Å². The normalized spacial score (nSPS) is 11.6. The first-order valence-electron chi connectivity index (χ1n) is 6.72. The number of ether oxygens (including phenoxy) is 1. The Morgan fingerprint density at radius 1 is 1.35 bits per heavy atom. The van der Waals surface area contributed by atoms with Crippen molar-refractivity contribution in [2.24, 2.45) is 5.41 Å². The highest BCUT2D eigenvalue weighted by atomic mass is 127. The van der Waals surface area contributed by atoms with Gasteiger partial charge in [0.1, 0.15) is 5.75 Å². The molecule has 108 valence electrons. The minimum absolute atomic E-state index is 0.244. The maximum atomic E-state index is 5.92. The van der Waals surface area contributed by atoms with E-state index in [1.807, 2.05) is 6.20 Å².